The van der Waals surface area contributed by atoms with Gasteiger partial charge in [-0.05, 0) is 13.8 Å². The van der Waals surface area contributed by atoms with Gasteiger partial charge in [-0.2, -0.15) is 0 Å². The molecule has 0 aliphatic carbocycles. The number of hydrogen-bond donors (Lipinski definition) is 31. The highest BCUT2D eigenvalue weighted by atomic mass is 16.8. The van der Waals surface area contributed by atoms with Crippen molar-refractivity contribution in [3.05, 3.63) is 0 Å². The number of amides is 3. The summed E-state index contributed by atoms with van der Waals surface area (Å²) >= 11 is 0. The van der Waals surface area contributed by atoms with Crippen LogP contribution in [0.2, 0.25) is 0 Å². The van der Waals surface area contributed by atoms with Gasteiger partial charge in [0.2, 0.25) is 17.7 Å². The van der Waals surface area contributed by atoms with E-state index < -0.39 is 378 Å². The van der Waals surface area contributed by atoms with Crippen molar-refractivity contribution < 1.29 is 243 Å². The van der Waals surface area contributed by atoms with E-state index in [1.807, 2.05) is 0 Å². The molecule has 52 nitrogen and oxygen atoms in total. The van der Waals surface area contributed by atoms with Crippen molar-refractivity contribution in [2.45, 2.75) is 335 Å². The molecule has 0 aromatic rings. The van der Waals surface area contributed by atoms with Crippen molar-refractivity contribution in [2.24, 2.45) is 0 Å². The Bertz CT molecular complexity index is 3090. The summed E-state index contributed by atoms with van der Waals surface area (Å²) in [4.78, 5) is 39.5. The number of rotatable bonds is 33. The Morgan fingerprint density at radius 2 is 0.602 bits per heavy atom. The fourth-order valence-electron chi connectivity index (χ4n) is 15.0. The molecule has 0 spiro atoms. The van der Waals surface area contributed by atoms with E-state index >= 15 is 0 Å². The molecule has 686 valence electrons. The zero-order chi connectivity index (χ0) is 87.2. The summed E-state index contributed by atoms with van der Waals surface area (Å²) in [7, 11) is 0. The highest BCUT2D eigenvalue weighted by molar-refractivity contribution is 5.74. The van der Waals surface area contributed by atoms with Crippen molar-refractivity contribution in [3.63, 3.8) is 0 Å². The summed E-state index contributed by atoms with van der Waals surface area (Å²) in [5.41, 5.74) is 0. The largest absolute Gasteiger partial charge is 0.394 e. The van der Waals surface area contributed by atoms with Crippen LogP contribution in [-0.2, 0) is 99.6 Å². The van der Waals surface area contributed by atoms with Gasteiger partial charge in [0.1, 0.15) is 232 Å². The summed E-state index contributed by atoms with van der Waals surface area (Å²) in [6.45, 7) is -5.11. The highest BCUT2D eigenvalue weighted by Crippen LogP contribution is 2.41. The molecule has 0 saturated carbocycles. The van der Waals surface area contributed by atoms with Crippen LogP contribution in [0.25, 0.3) is 0 Å². The third-order valence-corrected chi connectivity index (χ3v) is 21.6. The third-order valence-electron chi connectivity index (χ3n) is 21.6. The third kappa shape index (κ3) is 21.8. The molecule has 52 heteroatoms. The van der Waals surface area contributed by atoms with Crippen LogP contribution < -0.4 is 16.0 Å². The summed E-state index contributed by atoms with van der Waals surface area (Å²) in [6, 6.07) is -5.90. The lowest BCUT2D eigenvalue weighted by molar-refractivity contribution is -0.390. The van der Waals surface area contributed by atoms with Crippen LogP contribution in [0.1, 0.15) is 34.6 Å². The Labute approximate surface area is 669 Å². The van der Waals surface area contributed by atoms with E-state index in [2.05, 4.69) is 16.0 Å². The van der Waals surface area contributed by atoms with Crippen molar-refractivity contribution in [1.82, 2.24) is 16.0 Å². The van der Waals surface area contributed by atoms with Crippen molar-refractivity contribution in [1.29, 1.82) is 0 Å². The first-order valence-electron chi connectivity index (χ1n) is 37.8. The molecule has 0 radical (unpaired) electrons. The van der Waals surface area contributed by atoms with E-state index in [-0.39, 0.29) is 0 Å². The number of aliphatic hydroxyl groups is 28. The summed E-state index contributed by atoms with van der Waals surface area (Å²) in [5, 5.41) is 316. The van der Waals surface area contributed by atoms with Crippen LogP contribution in [0.4, 0.5) is 0 Å². The minimum Gasteiger partial charge on any atom is -0.394 e. The molecule has 0 aromatic carbocycles. The molecule has 49 atom stereocenters. The van der Waals surface area contributed by atoms with E-state index in [0.29, 0.717) is 0 Å². The molecule has 9 aliphatic rings. The molecule has 9 rings (SSSR count). The number of ether oxygens (including phenoxy) is 18. The first kappa shape index (κ1) is 98.4. The monoisotopic (exact) mass is 1730 g/mol. The normalized spacial score (nSPS) is 48.2. The minimum absolute atomic E-state index is 0.911. The lowest BCUT2D eigenvalue weighted by Gasteiger charge is -2.51. The van der Waals surface area contributed by atoms with Gasteiger partial charge in [-0.25, -0.2) is 0 Å². The zero-order valence-electron chi connectivity index (χ0n) is 63.7. The molecular formula is C66H113N3O49. The number of nitrogens with one attached hydrogen (secondary N) is 3. The Kier molecular flexibility index (Phi) is 36.0. The van der Waals surface area contributed by atoms with Crippen LogP contribution in [0.15, 0.2) is 0 Å². The molecule has 3 amide bonds. The maximum Gasteiger partial charge on any atom is 0.217 e. The Morgan fingerprint density at radius 1 is 0.288 bits per heavy atom. The van der Waals surface area contributed by atoms with E-state index in [1.54, 1.807) is 0 Å². The number of carbonyl (C=O) groups excluding carboxylic acids is 3. The molecule has 0 unspecified atom stereocenters. The topological polar surface area (TPSA) is 820 Å². The maximum atomic E-state index is 13.2. The fraction of sp³-hybridized carbons (Fsp3) is 0.955. The van der Waals surface area contributed by atoms with Gasteiger partial charge in [0, 0.05) is 20.8 Å². The van der Waals surface area contributed by atoms with E-state index in [0.717, 1.165) is 20.8 Å². The highest BCUT2D eigenvalue weighted by Gasteiger charge is 2.61. The molecule has 31 N–H and O–H groups in total. The lowest BCUT2D eigenvalue weighted by atomic mass is 9.94. The fourth-order valence-corrected chi connectivity index (χ4v) is 15.0. The Hall–Kier alpha value is -3.43. The Balaban J connectivity index is 0.979. The number of carbonyl (C=O) groups is 3. The molecule has 9 aliphatic heterocycles. The SMILES string of the molecule is CC(=O)N[C@H]1[C@H](OC[C@H]2O[C@@H](O[C@@H]([C@H](O)[C@@H](O)CO)[C@H](O)CO)[C@H](O)[C@@H](O[C@@H]3O[C@H](CO)[C@@H](O)[C@H](O[C@@H]4O[C@H](CO)[C@H](O)[C@H](O)[C@H]4O[C@@H]4O[C@@H](C)[C@@H](O)[C@@H](O)[C@@H]4O)[C@H]3NC(C)=O)[C@H]2O)O[C@H](CO)[C@@H](O[C@@H]2O[C@H](CO)[C@H](O)[C@H](O[C@@H]3O[C@H](CO)[C@@H](O)[C@H](O[C@@H]4O[C@H](CO)[C@H](O)[C@H](O)[C@H]4O[C@@H]4O[C@@H](C)[C@@H](O)[C@@H](O)[C@@H]4O)[C@H]3NC(C)=O)[C@H]2O)[C@@H]1O. The van der Waals surface area contributed by atoms with Gasteiger partial charge < -0.3 is 244 Å². The Morgan fingerprint density at radius 3 is 1.00 bits per heavy atom. The summed E-state index contributed by atoms with van der Waals surface area (Å²) < 4.78 is 106. The first-order chi connectivity index (χ1) is 55.7. The summed E-state index contributed by atoms with van der Waals surface area (Å²) in [5.74, 6) is -2.93. The van der Waals surface area contributed by atoms with Crippen molar-refractivity contribution in [2.75, 3.05) is 59.5 Å². The van der Waals surface area contributed by atoms with Gasteiger partial charge in [-0.15, -0.1) is 0 Å². The molecule has 9 saturated heterocycles. The van der Waals surface area contributed by atoms with Gasteiger partial charge in [-0.3, -0.25) is 14.4 Å². The molecule has 9 heterocycles. The van der Waals surface area contributed by atoms with Crippen LogP contribution in [0.3, 0.4) is 0 Å². The smallest absolute Gasteiger partial charge is 0.217 e. The van der Waals surface area contributed by atoms with Crippen molar-refractivity contribution in [3.8, 4) is 0 Å². The molecule has 9 fully saturated rings. The zero-order valence-corrected chi connectivity index (χ0v) is 63.7. The number of hydrogen-bond acceptors (Lipinski definition) is 49. The predicted molar refractivity (Wildman–Crippen MR) is 364 cm³/mol. The standard InChI is InChI=1S/C66H113N3O49/c1-15-32(83)42(93)46(97)61(102-15)117-56-44(95)35(86)22(8-72)107-65(56)113-52-30(68-18(4)79)59(104-24(10-74)37(52)88)115-54-39(90)26(12-76)106-63(48(54)99)112-51-27(13-77)109-58(29(41(51)92)67-17(3)78)101-14-28-40(91)55(49(100)64(110-28)111-50(21(82)7-71)34(85)20(81)6-70)116-60-31(69-19(5)80)53(38(89)25(11-75)105-60)114-66-57(45(96)36(87)23(9-73)108-66)118-62-47(98)43(94)33(84)16(2)103-62/h15-16,20-66,70-77,81-100H,6-14H2,1-5H3,(H,67,78)(H,68,79)(H,69,80)/t15-,16-,20-,21+,22+,23+,24+,25+,26+,27+,28+,29+,30+,31+,32+,33+,34+,35-,36-,37+,38+,39-,40-,41+,42+,43+,44-,45-,46-,47-,48+,49+,50+,51+,52+,53+,54-,55-,56+,57+,58+,59-,60-,61-,62-,63-,64-,65-,66-/m0/s1. The van der Waals surface area contributed by atoms with Crippen LogP contribution in [0.5, 0.6) is 0 Å². The van der Waals surface area contributed by atoms with Gasteiger partial charge >= 0.3 is 0 Å². The van der Waals surface area contributed by atoms with E-state index in [1.165, 1.54) is 13.8 Å². The van der Waals surface area contributed by atoms with Crippen LogP contribution >= 0.6 is 0 Å². The average molecular weight is 1730 g/mol. The van der Waals surface area contributed by atoms with E-state index in [4.69, 9.17) is 85.3 Å². The minimum atomic E-state index is -2.52. The van der Waals surface area contributed by atoms with Crippen LogP contribution in [0, 0.1) is 0 Å². The van der Waals surface area contributed by atoms with E-state index in [9.17, 15) is 157 Å². The molecule has 0 bridgehead atoms. The number of aliphatic hydroxyl groups excluding tert-OH is 28. The predicted octanol–water partition coefficient (Wildman–Crippen LogP) is -20.7. The summed E-state index contributed by atoms with van der Waals surface area (Å²) in [6.07, 6.45) is -94.8. The lowest BCUT2D eigenvalue weighted by Crippen LogP contribution is -2.71. The molecular weight excluding hydrogens is 1620 g/mol. The molecule has 0 aromatic heterocycles. The van der Waals surface area contributed by atoms with Gasteiger partial charge in [0.05, 0.1) is 71.7 Å². The quantitative estimate of drug-likeness (QED) is 0.0290. The average Bonchev–Trinajstić information content (AvgIpc) is 0.766. The second-order valence-corrected chi connectivity index (χ2v) is 30.0. The first-order valence-corrected chi connectivity index (χ1v) is 37.8. The molecule has 118 heavy (non-hydrogen) atoms. The second kappa shape index (κ2) is 43.2. The second-order valence-electron chi connectivity index (χ2n) is 30.0. The van der Waals surface area contributed by atoms with Gasteiger partial charge in [0.15, 0.2) is 56.6 Å². The van der Waals surface area contributed by atoms with Crippen molar-refractivity contribution >= 4 is 17.7 Å². The van der Waals surface area contributed by atoms with Gasteiger partial charge in [-0.1, -0.05) is 0 Å². The maximum absolute atomic E-state index is 13.2. The van der Waals surface area contributed by atoms with Crippen LogP contribution in [-0.4, -0.2) is 521 Å². The van der Waals surface area contributed by atoms with Gasteiger partial charge in [0.25, 0.3) is 0 Å².